The second-order valence-electron chi connectivity index (χ2n) is 12.6. The summed E-state index contributed by atoms with van der Waals surface area (Å²) in [4.78, 5) is 44.9. The van der Waals surface area contributed by atoms with Crippen LogP contribution in [-0.4, -0.2) is 82.8 Å². The van der Waals surface area contributed by atoms with Crippen molar-refractivity contribution >= 4 is 17.7 Å². The van der Waals surface area contributed by atoms with E-state index in [1.807, 2.05) is 24.3 Å². The van der Waals surface area contributed by atoms with E-state index >= 15 is 0 Å². The molecule has 0 radical (unpaired) electrons. The van der Waals surface area contributed by atoms with Gasteiger partial charge in [-0.3, -0.25) is 19.3 Å². The summed E-state index contributed by atoms with van der Waals surface area (Å²) in [5, 5.41) is 9.76. The molecular weight excluding hydrogens is 516 g/mol. The zero-order chi connectivity index (χ0) is 27.9. The summed E-state index contributed by atoms with van der Waals surface area (Å²) in [6, 6.07) is 6.66. The van der Waals surface area contributed by atoms with E-state index in [1.165, 1.54) is 0 Å². The molecule has 0 spiro atoms. The standard InChI is InChI=1S/C30H41F2N5O3/c31-30(32)11-9-21(10-12-30)34-22-14-25-28(39)33-16-20-6-2-1-5-19(20)13-27(38)35-23-15-26(29(40)37(25)18-22)36(17-23)24-7-3-4-8-24/h1-2,5-6,21-26,34H,3-4,7-18H2,(H,33,39)(H,35,38)/t22-,23+,25-,26-/m0/s1. The number of halogens is 2. The largest absolute Gasteiger partial charge is 0.352 e. The van der Waals surface area contributed by atoms with Gasteiger partial charge in [-0.2, -0.15) is 0 Å². The van der Waals surface area contributed by atoms with Gasteiger partial charge in [0.1, 0.15) is 6.04 Å². The average molecular weight is 558 g/mol. The number of hydrogen-bond acceptors (Lipinski definition) is 5. The second kappa shape index (κ2) is 11.4. The van der Waals surface area contributed by atoms with Crippen LogP contribution in [0.1, 0.15) is 75.3 Å². The summed E-state index contributed by atoms with van der Waals surface area (Å²) in [7, 11) is 0. The van der Waals surface area contributed by atoms with Gasteiger partial charge in [-0.1, -0.05) is 37.1 Å². The van der Waals surface area contributed by atoms with Gasteiger partial charge in [0.15, 0.2) is 0 Å². The third kappa shape index (κ3) is 5.88. The lowest BCUT2D eigenvalue weighted by Crippen LogP contribution is -2.53. The van der Waals surface area contributed by atoms with Crippen molar-refractivity contribution in [3.8, 4) is 0 Å². The lowest BCUT2D eigenvalue weighted by molar-refractivity contribution is -0.142. The summed E-state index contributed by atoms with van der Waals surface area (Å²) in [6.45, 7) is 1.29. The fourth-order valence-electron chi connectivity index (χ4n) is 7.68. The molecule has 3 aliphatic heterocycles. The Morgan fingerprint density at radius 3 is 2.35 bits per heavy atom. The van der Waals surface area contributed by atoms with E-state index in [2.05, 4.69) is 20.9 Å². The third-order valence-electron chi connectivity index (χ3n) is 9.78. The molecule has 4 atom stereocenters. The number of rotatable bonds is 3. The molecule has 1 aromatic carbocycles. The molecule has 3 N–H and O–H groups in total. The first-order valence-electron chi connectivity index (χ1n) is 15.1. The Labute approximate surface area is 234 Å². The summed E-state index contributed by atoms with van der Waals surface area (Å²) in [5.74, 6) is -2.93. The number of alkyl halides is 2. The number of amides is 3. The van der Waals surface area contributed by atoms with Crippen molar-refractivity contribution in [2.24, 2.45) is 0 Å². The van der Waals surface area contributed by atoms with E-state index in [9.17, 15) is 23.2 Å². The molecule has 2 bridgehead atoms. The molecule has 218 valence electrons. The molecule has 4 fully saturated rings. The molecule has 40 heavy (non-hydrogen) atoms. The second-order valence-corrected chi connectivity index (χ2v) is 12.6. The molecule has 3 heterocycles. The Kier molecular flexibility index (Phi) is 7.83. The number of carbonyl (C=O) groups excluding carboxylic acids is 3. The molecule has 2 saturated heterocycles. The lowest BCUT2D eigenvalue weighted by atomic mass is 9.91. The highest BCUT2D eigenvalue weighted by Gasteiger charge is 2.48. The van der Waals surface area contributed by atoms with E-state index in [0.29, 0.717) is 44.8 Å². The minimum absolute atomic E-state index is 0.0366. The number of benzene rings is 1. The van der Waals surface area contributed by atoms with Gasteiger partial charge < -0.3 is 20.9 Å². The number of fused-ring (bicyclic) bond motifs is 4. The molecule has 0 unspecified atom stereocenters. The van der Waals surface area contributed by atoms with Crippen LogP contribution in [0, 0.1) is 0 Å². The highest BCUT2D eigenvalue weighted by atomic mass is 19.3. The van der Waals surface area contributed by atoms with Crippen LogP contribution < -0.4 is 16.0 Å². The number of nitrogens with zero attached hydrogens (tertiary/aromatic N) is 2. The van der Waals surface area contributed by atoms with Crippen LogP contribution >= 0.6 is 0 Å². The smallest absolute Gasteiger partial charge is 0.248 e. The van der Waals surface area contributed by atoms with Gasteiger partial charge in [-0.15, -0.1) is 0 Å². The van der Waals surface area contributed by atoms with Crippen molar-refractivity contribution in [3.05, 3.63) is 35.4 Å². The van der Waals surface area contributed by atoms with Crippen molar-refractivity contribution in [3.63, 3.8) is 0 Å². The Morgan fingerprint density at radius 2 is 1.60 bits per heavy atom. The van der Waals surface area contributed by atoms with E-state index in [4.69, 9.17) is 0 Å². The number of nitrogens with one attached hydrogen (secondary N) is 3. The van der Waals surface area contributed by atoms with Crippen molar-refractivity contribution in [1.29, 1.82) is 0 Å². The van der Waals surface area contributed by atoms with Gasteiger partial charge in [0.2, 0.25) is 23.6 Å². The van der Waals surface area contributed by atoms with E-state index in [-0.39, 0.29) is 67.7 Å². The van der Waals surface area contributed by atoms with Gasteiger partial charge in [0.05, 0.1) is 12.5 Å². The van der Waals surface area contributed by atoms with Crippen molar-refractivity contribution in [1.82, 2.24) is 25.8 Å². The van der Waals surface area contributed by atoms with Crippen molar-refractivity contribution in [2.75, 3.05) is 13.1 Å². The molecule has 1 aromatic rings. The number of carbonyl (C=O) groups is 3. The van der Waals surface area contributed by atoms with Crippen molar-refractivity contribution < 1.29 is 23.2 Å². The fraction of sp³-hybridized carbons (Fsp3) is 0.700. The minimum Gasteiger partial charge on any atom is -0.352 e. The first-order chi connectivity index (χ1) is 19.3. The first-order valence-corrected chi connectivity index (χ1v) is 15.1. The molecule has 2 saturated carbocycles. The quantitative estimate of drug-likeness (QED) is 0.531. The summed E-state index contributed by atoms with van der Waals surface area (Å²) >= 11 is 0. The number of hydrogen-bond donors (Lipinski definition) is 3. The van der Waals surface area contributed by atoms with Crippen LogP contribution in [-0.2, 0) is 27.3 Å². The van der Waals surface area contributed by atoms with Crippen LogP contribution in [0.5, 0.6) is 0 Å². The number of likely N-dealkylation sites (tertiary alicyclic amines) is 1. The molecule has 3 amide bonds. The predicted octanol–water partition coefficient (Wildman–Crippen LogP) is 2.50. The van der Waals surface area contributed by atoms with Gasteiger partial charge in [0.25, 0.3) is 0 Å². The van der Waals surface area contributed by atoms with Crippen LogP contribution in [0.4, 0.5) is 8.78 Å². The van der Waals surface area contributed by atoms with Crippen LogP contribution in [0.15, 0.2) is 24.3 Å². The molecular formula is C30H41F2N5O3. The third-order valence-corrected chi connectivity index (χ3v) is 9.78. The van der Waals surface area contributed by atoms with Crippen LogP contribution in [0.3, 0.4) is 0 Å². The molecule has 5 aliphatic rings. The zero-order valence-electron chi connectivity index (χ0n) is 23.0. The summed E-state index contributed by atoms with van der Waals surface area (Å²) < 4.78 is 27.5. The predicted molar refractivity (Wildman–Crippen MR) is 146 cm³/mol. The molecule has 10 heteroatoms. The maximum Gasteiger partial charge on any atom is 0.248 e. The van der Waals surface area contributed by atoms with E-state index < -0.39 is 12.0 Å². The summed E-state index contributed by atoms with van der Waals surface area (Å²) in [6.07, 6.45) is 6.10. The highest BCUT2D eigenvalue weighted by molar-refractivity contribution is 5.91. The van der Waals surface area contributed by atoms with E-state index in [1.54, 1.807) is 4.90 Å². The Morgan fingerprint density at radius 1 is 0.875 bits per heavy atom. The SMILES string of the molecule is O=C1Cc2ccccc2CNC(=O)[C@@H]2C[C@H](NC3CCC(F)(F)CC3)CN2C(=O)[C@@H]2C[C@H](CN2C2CCCC2)N1. The maximum atomic E-state index is 14.2. The summed E-state index contributed by atoms with van der Waals surface area (Å²) in [5.41, 5.74) is 1.76. The minimum atomic E-state index is -2.60. The van der Waals surface area contributed by atoms with Crippen LogP contribution in [0.25, 0.3) is 0 Å². The maximum absolute atomic E-state index is 14.2. The molecule has 0 aromatic heterocycles. The normalized spacial score (nSPS) is 32.4. The Balaban J connectivity index is 1.26. The van der Waals surface area contributed by atoms with Gasteiger partial charge in [-0.05, 0) is 49.7 Å². The molecule has 8 nitrogen and oxygen atoms in total. The topological polar surface area (TPSA) is 93.8 Å². The lowest BCUT2D eigenvalue weighted by Gasteiger charge is -2.34. The average Bonchev–Trinajstić information content (AvgIpc) is 3.68. The first kappa shape index (κ1) is 27.6. The Bertz CT molecular complexity index is 1120. The van der Waals surface area contributed by atoms with Gasteiger partial charge in [-0.25, -0.2) is 8.78 Å². The van der Waals surface area contributed by atoms with Crippen LogP contribution in [0.2, 0.25) is 0 Å². The Hall–Kier alpha value is -2.59. The van der Waals surface area contributed by atoms with Crippen molar-refractivity contribution in [2.45, 2.75) is 119 Å². The molecule has 2 aliphatic carbocycles. The van der Waals surface area contributed by atoms with E-state index in [0.717, 1.165) is 36.8 Å². The zero-order valence-corrected chi connectivity index (χ0v) is 23.0. The highest BCUT2D eigenvalue weighted by Crippen LogP contribution is 2.35. The fourth-order valence-corrected chi connectivity index (χ4v) is 7.68. The van der Waals surface area contributed by atoms with Gasteiger partial charge in [0, 0.05) is 56.6 Å². The van der Waals surface area contributed by atoms with Gasteiger partial charge >= 0.3 is 0 Å². The monoisotopic (exact) mass is 557 g/mol. The molecule has 6 rings (SSSR count).